The van der Waals surface area contributed by atoms with Crippen LogP contribution in [0.2, 0.25) is 0 Å². The van der Waals surface area contributed by atoms with E-state index in [1.165, 1.54) is 24.3 Å². The highest BCUT2D eigenvalue weighted by atomic mass is 16.5. The summed E-state index contributed by atoms with van der Waals surface area (Å²) < 4.78 is 10.8. The van der Waals surface area contributed by atoms with E-state index in [0.717, 1.165) is 5.56 Å². The van der Waals surface area contributed by atoms with Crippen molar-refractivity contribution in [2.24, 2.45) is 0 Å². The summed E-state index contributed by atoms with van der Waals surface area (Å²) in [6.07, 6.45) is -0.713. The van der Waals surface area contributed by atoms with Crippen LogP contribution in [0.3, 0.4) is 0 Å². The van der Waals surface area contributed by atoms with Crippen molar-refractivity contribution >= 4 is 11.9 Å². The Bertz CT molecular complexity index is 712. The van der Waals surface area contributed by atoms with Gasteiger partial charge in [0.25, 0.3) is 5.91 Å². The van der Waals surface area contributed by atoms with E-state index in [0.29, 0.717) is 18.0 Å². The number of rotatable bonds is 7. The normalized spacial score (nSPS) is 11.4. The van der Waals surface area contributed by atoms with Gasteiger partial charge < -0.3 is 19.9 Å². The number of hydrogen-bond acceptors (Lipinski definition) is 4. The van der Waals surface area contributed by atoms with Crippen molar-refractivity contribution in [3.8, 4) is 11.5 Å². The zero-order valence-electron chi connectivity index (χ0n) is 13.5. The van der Waals surface area contributed by atoms with Gasteiger partial charge in [-0.3, -0.25) is 4.79 Å². The lowest BCUT2D eigenvalue weighted by Crippen LogP contribution is -2.36. The average Bonchev–Trinajstić information content (AvgIpc) is 2.60. The number of carboxylic acids is 1. The van der Waals surface area contributed by atoms with Gasteiger partial charge in [-0.2, -0.15) is 0 Å². The van der Waals surface area contributed by atoms with Gasteiger partial charge in [-0.05, 0) is 37.3 Å². The average molecular weight is 329 g/mol. The van der Waals surface area contributed by atoms with E-state index in [9.17, 15) is 9.59 Å². The Hall–Kier alpha value is -3.02. The monoisotopic (exact) mass is 329 g/mol. The highest BCUT2D eigenvalue weighted by Crippen LogP contribution is 2.17. The minimum atomic E-state index is -1.01. The fraction of sp³-hybridized carbons (Fsp3) is 0.222. The Balaban J connectivity index is 1.91. The van der Waals surface area contributed by atoms with Gasteiger partial charge in [-0.15, -0.1) is 0 Å². The second-order valence-electron chi connectivity index (χ2n) is 5.12. The lowest BCUT2D eigenvalue weighted by Gasteiger charge is -2.15. The van der Waals surface area contributed by atoms with E-state index in [4.69, 9.17) is 14.6 Å². The number of carbonyl (C=O) groups excluding carboxylic acids is 1. The van der Waals surface area contributed by atoms with Crippen molar-refractivity contribution in [3.63, 3.8) is 0 Å². The third kappa shape index (κ3) is 4.49. The summed E-state index contributed by atoms with van der Waals surface area (Å²) in [5.74, 6) is -0.150. The molecule has 0 bridgehead atoms. The van der Waals surface area contributed by atoms with Crippen LogP contribution in [0.1, 0.15) is 22.8 Å². The molecule has 0 aliphatic heterocycles. The minimum absolute atomic E-state index is 0.163. The molecule has 1 atom stereocenters. The number of hydrogen-bond donors (Lipinski definition) is 2. The summed E-state index contributed by atoms with van der Waals surface area (Å²) in [5, 5.41) is 11.6. The van der Waals surface area contributed by atoms with Crippen LogP contribution in [-0.4, -0.2) is 30.2 Å². The van der Waals surface area contributed by atoms with Gasteiger partial charge in [0.2, 0.25) is 0 Å². The van der Waals surface area contributed by atoms with Crippen molar-refractivity contribution in [2.75, 3.05) is 7.11 Å². The lowest BCUT2D eigenvalue weighted by atomic mass is 10.2. The number of benzene rings is 2. The van der Waals surface area contributed by atoms with Crippen LogP contribution in [0, 0.1) is 0 Å². The second-order valence-corrected chi connectivity index (χ2v) is 5.12. The van der Waals surface area contributed by atoms with Crippen LogP contribution >= 0.6 is 0 Å². The Morgan fingerprint density at radius 3 is 2.42 bits per heavy atom. The Morgan fingerprint density at radius 1 is 1.12 bits per heavy atom. The molecule has 1 amide bonds. The van der Waals surface area contributed by atoms with E-state index in [2.05, 4.69) is 5.32 Å². The van der Waals surface area contributed by atoms with Crippen molar-refractivity contribution in [3.05, 3.63) is 59.7 Å². The molecule has 0 radical (unpaired) electrons. The molecule has 2 aromatic rings. The third-order valence-electron chi connectivity index (χ3n) is 3.43. The van der Waals surface area contributed by atoms with Crippen LogP contribution in [0.5, 0.6) is 11.5 Å². The number of nitrogens with one attached hydrogen (secondary N) is 1. The maximum absolute atomic E-state index is 12.1. The zero-order chi connectivity index (χ0) is 17.5. The van der Waals surface area contributed by atoms with Crippen LogP contribution in [0.15, 0.2) is 48.5 Å². The molecule has 6 nitrogen and oxygen atoms in total. The Labute approximate surface area is 140 Å². The first-order valence-electron chi connectivity index (χ1n) is 7.41. The van der Waals surface area contributed by atoms with Crippen LogP contribution < -0.4 is 14.8 Å². The molecule has 126 valence electrons. The van der Waals surface area contributed by atoms with Gasteiger partial charge in [0.1, 0.15) is 11.5 Å². The van der Waals surface area contributed by atoms with Crippen LogP contribution in [-0.2, 0) is 11.3 Å². The molecule has 0 saturated carbocycles. The van der Waals surface area contributed by atoms with Crippen LogP contribution in [0.25, 0.3) is 0 Å². The maximum atomic E-state index is 12.1. The molecule has 0 aliphatic rings. The Morgan fingerprint density at radius 2 is 1.79 bits per heavy atom. The molecule has 2 rings (SSSR count). The first-order chi connectivity index (χ1) is 11.5. The molecule has 1 unspecified atom stereocenters. The molecule has 2 N–H and O–H groups in total. The van der Waals surface area contributed by atoms with Crippen molar-refractivity contribution in [1.29, 1.82) is 0 Å². The van der Waals surface area contributed by atoms with Gasteiger partial charge in [-0.1, -0.05) is 18.2 Å². The van der Waals surface area contributed by atoms with Gasteiger partial charge in [0.05, 0.1) is 12.7 Å². The largest absolute Gasteiger partial charge is 0.496 e. The number of ether oxygens (including phenoxy) is 2. The summed E-state index contributed by atoms with van der Waals surface area (Å²) in [7, 11) is 1.58. The molecule has 0 spiro atoms. The molecule has 24 heavy (non-hydrogen) atoms. The minimum Gasteiger partial charge on any atom is -0.496 e. The quantitative estimate of drug-likeness (QED) is 0.815. The molecular weight excluding hydrogens is 310 g/mol. The number of aromatic carboxylic acids is 1. The predicted octanol–water partition coefficient (Wildman–Crippen LogP) is 2.48. The smallest absolute Gasteiger partial charge is 0.335 e. The molecule has 0 aliphatic carbocycles. The molecule has 2 aromatic carbocycles. The number of methoxy groups -OCH3 is 1. The summed E-state index contributed by atoms with van der Waals surface area (Å²) >= 11 is 0. The SMILES string of the molecule is COc1ccccc1CNC(=O)C(C)Oc1ccc(C(=O)O)cc1. The number of carboxylic acid groups (broad SMARTS) is 1. The van der Waals surface area contributed by atoms with Gasteiger partial charge in [0.15, 0.2) is 6.10 Å². The summed E-state index contributed by atoms with van der Waals surface area (Å²) in [6.45, 7) is 1.96. The number of carbonyl (C=O) groups is 2. The van der Waals surface area contributed by atoms with E-state index < -0.39 is 12.1 Å². The first-order valence-corrected chi connectivity index (χ1v) is 7.41. The van der Waals surface area contributed by atoms with Crippen LogP contribution in [0.4, 0.5) is 0 Å². The van der Waals surface area contributed by atoms with Gasteiger partial charge in [-0.25, -0.2) is 4.79 Å². The molecule has 0 heterocycles. The molecule has 0 saturated heterocycles. The topological polar surface area (TPSA) is 84.9 Å². The van der Waals surface area contributed by atoms with Crippen molar-refractivity contribution in [1.82, 2.24) is 5.32 Å². The fourth-order valence-electron chi connectivity index (χ4n) is 2.11. The number of para-hydroxylation sites is 1. The summed E-state index contributed by atoms with van der Waals surface area (Å²) in [6, 6.07) is 13.3. The van der Waals surface area contributed by atoms with Crippen molar-refractivity contribution < 1.29 is 24.2 Å². The summed E-state index contributed by atoms with van der Waals surface area (Å²) in [5.41, 5.74) is 1.03. The summed E-state index contributed by atoms with van der Waals surface area (Å²) in [4.78, 5) is 22.9. The fourth-order valence-corrected chi connectivity index (χ4v) is 2.11. The van der Waals surface area contributed by atoms with E-state index in [1.54, 1.807) is 14.0 Å². The highest BCUT2D eigenvalue weighted by molar-refractivity contribution is 5.87. The predicted molar refractivity (Wildman–Crippen MR) is 88.3 cm³/mol. The van der Waals surface area contributed by atoms with Gasteiger partial charge in [0, 0.05) is 12.1 Å². The van der Waals surface area contributed by atoms with E-state index >= 15 is 0 Å². The standard InChI is InChI=1S/C18H19NO5/c1-12(24-15-9-7-13(8-10-15)18(21)22)17(20)19-11-14-5-3-4-6-16(14)23-2/h3-10,12H,11H2,1-2H3,(H,19,20)(H,21,22). The van der Waals surface area contributed by atoms with Gasteiger partial charge >= 0.3 is 5.97 Å². The first kappa shape index (κ1) is 17.3. The lowest BCUT2D eigenvalue weighted by molar-refractivity contribution is -0.127. The third-order valence-corrected chi connectivity index (χ3v) is 3.43. The zero-order valence-corrected chi connectivity index (χ0v) is 13.5. The highest BCUT2D eigenvalue weighted by Gasteiger charge is 2.15. The maximum Gasteiger partial charge on any atom is 0.335 e. The Kier molecular flexibility index (Phi) is 5.78. The van der Waals surface area contributed by atoms with E-state index in [1.807, 2.05) is 24.3 Å². The molecule has 0 aromatic heterocycles. The molecule has 6 heteroatoms. The molecular formula is C18H19NO5. The second kappa shape index (κ2) is 8.01. The van der Waals surface area contributed by atoms with E-state index in [-0.39, 0.29) is 11.5 Å². The van der Waals surface area contributed by atoms with Crippen molar-refractivity contribution in [2.45, 2.75) is 19.6 Å². The molecule has 0 fully saturated rings. The number of amides is 1.